The average molecular weight is 487 g/mol. The second-order valence-corrected chi connectivity index (χ2v) is 9.25. The van der Waals surface area contributed by atoms with Crippen LogP contribution in [0.4, 0.5) is 17.1 Å². The minimum Gasteiger partial charge on any atom is -0.494 e. The molecule has 6 nitrogen and oxygen atoms in total. The minimum atomic E-state index is -0.360. The van der Waals surface area contributed by atoms with Gasteiger partial charge in [0.25, 0.3) is 5.56 Å². The Hall–Kier alpha value is -3.61. The van der Waals surface area contributed by atoms with Crippen molar-refractivity contribution in [1.29, 1.82) is 0 Å². The fourth-order valence-corrected chi connectivity index (χ4v) is 4.65. The summed E-state index contributed by atoms with van der Waals surface area (Å²) in [5.41, 5.74) is 3.62. The third-order valence-electron chi connectivity index (χ3n) is 6.33. The van der Waals surface area contributed by atoms with Crippen LogP contribution in [-0.4, -0.2) is 34.3 Å². The van der Waals surface area contributed by atoms with Gasteiger partial charge in [-0.05, 0) is 74.0 Å². The highest BCUT2D eigenvalue weighted by molar-refractivity contribution is 6.33. The van der Waals surface area contributed by atoms with Crippen LogP contribution in [0.25, 0.3) is 10.8 Å². The number of aromatic nitrogens is 1. The first-order chi connectivity index (χ1) is 17.1. The normalized spacial score (nSPS) is 14.5. The van der Waals surface area contributed by atoms with Crippen LogP contribution in [0.5, 0.6) is 5.88 Å². The number of benzene rings is 3. The van der Waals surface area contributed by atoms with Crippen molar-refractivity contribution in [3.63, 3.8) is 0 Å². The maximum absolute atomic E-state index is 12.4. The quantitative estimate of drug-likeness (QED) is 0.277. The van der Waals surface area contributed by atoms with Crippen molar-refractivity contribution in [3.8, 4) is 5.88 Å². The Morgan fingerprint density at radius 2 is 1.77 bits per heavy atom. The lowest BCUT2D eigenvalue weighted by Gasteiger charge is -2.26. The van der Waals surface area contributed by atoms with Crippen LogP contribution in [0.2, 0.25) is 5.02 Å². The molecule has 3 aromatic carbocycles. The average Bonchev–Trinajstić information content (AvgIpc) is 2.87. The first kappa shape index (κ1) is 23.1. The molecule has 7 heteroatoms. The number of nitrogens with zero attached hydrogens (tertiary/aromatic N) is 2. The number of para-hydroxylation sites is 1. The maximum Gasteiger partial charge on any atom is 0.258 e. The molecule has 35 heavy (non-hydrogen) atoms. The van der Waals surface area contributed by atoms with E-state index in [1.807, 2.05) is 36.4 Å². The van der Waals surface area contributed by atoms with Crippen LogP contribution in [0.3, 0.4) is 0 Å². The molecule has 1 saturated heterocycles. The smallest absolute Gasteiger partial charge is 0.258 e. The highest BCUT2D eigenvalue weighted by atomic mass is 35.5. The summed E-state index contributed by atoms with van der Waals surface area (Å²) in [4.78, 5) is 22.0. The molecule has 0 unspecified atom stereocenters. The van der Waals surface area contributed by atoms with Gasteiger partial charge in [0.1, 0.15) is 0 Å². The Balaban J connectivity index is 1.41. The summed E-state index contributed by atoms with van der Waals surface area (Å²) >= 11 is 6.28. The number of aromatic amines is 1. The summed E-state index contributed by atoms with van der Waals surface area (Å²) < 4.78 is 0. The number of aliphatic imine (C=N–C) groups is 1. The molecule has 178 valence electrons. The Kier molecular flexibility index (Phi) is 6.84. The Morgan fingerprint density at radius 3 is 2.54 bits per heavy atom. The number of fused-ring (bicyclic) bond motifs is 1. The molecule has 4 aromatic rings. The van der Waals surface area contributed by atoms with E-state index in [-0.39, 0.29) is 11.4 Å². The summed E-state index contributed by atoms with van der Waals surface area (Å²) in [5.74, 6) is -0.220. The standard InChI is InChI=1S/C28H27ClN4O2/c29-25-6-2-3-7-26(25)31-21-12-13-22-23(16-21)24(28(35)32-27(22)34)17-30-20-10-8-19(9-11-20)18-33-14-4-1-5-15-33/h2-3,6-13,16-17,31H,1,4-5,14-15,18H2,(H2,32,34,35). The summed E-state index contributed by atoms with van der Waals surface area (Å²) in [6.45, 7) is 3.27. The molecule has 2 heterocycles. The maximum atomic E-state index is 12.4. The second kappa shape index (κ2) is 10.3. The lowest BCUT2D eigenvalue weighted by atomic mass is 10.1. The molecule has 1 aromatic heterocycles. The summed E-state index contributed by atoms with van der Waals surface area (Å²) in [6.07, 6.45) is 5.46. The number of pyridine rings is 1. The number of piperidine rings is 1. The van der Waals surface area contributed by atoms with Crippen LogP contribution >= 0.6 is 11.6 Å². The van der Waals surface area contributed by atoms with Gasteiger partial charge in [0.15, 0.2) is 0 Å². The van der Waals surface area contributed by atoms with Gasteiger partial charge in [0, 0.05) is 29.2 Å². The molecule has 0 saturated carbocycles. The van der Waals surface area contributed by atoms with E-state index in [1.165, 1.54) is 24.8 Å². The van der Waals surface area contributed by atoms with Crippen molar-refractivity contribution in [2.75, 3.05) is 18.4 Å². The van der Waals surface area contributed by atoms with Crippen molar-refractivity contribution in [2.24, 2.45) is 4.99 Å². The first-order valence-corrected chi connectivity index (χ1v) is 12.2. The predicted octanol–water partition coefficient (Wildman–Crippen LogP) is 6.37. The Bertz CT molecular complexity index is 1420. The van der Waals surface area contributed by atoms with Gasteiger partial charge in [0.2, 0.25) is 5.88 Å². The van der Waals surface area contributed by atoms with E-state index < -0.39 is 0 Å². The van der Waals surface area contributed by atoms with Crippen molar-refractivity contribution in [1.82, 2.24) is 9.88 Å². The van der Waals surface area contributed by atoms with Crippen LogP contribution < -0.4 is 10.9 Å². The molecule has 5 rings (SSSR count). The van der Waals surface area contributed by atoms with Crippen LogP contribution in [-0.2, 0) is 6.54 Å². The number of aromatic hydroxyl groups is 1. The predicted molar refractivity (Wildman–Crippen MR) is 144 cm³/mol. The number of nitrogens with one attached hydrogen (secondary N) is 2. The van der Waals surface area contributed by atoms with Gasteiger partial charge in [0.05, 0.1) is 22.0 Å². The molecule has 0 spiro atoms. The molecule has 1 aliphatic rings. The number of rotatable bonds is 6. The molecule has 1 fully saturated rings. The van der Waals surface area contributed by atoms with Gasteiger partial charge < -0.3 is 10.4 Å². The van der Waals surface area contributed by atoms with E-state index in [2.05, 4.69) is 32.3 Å². The van der Waals surface area contributed by atoms with Crippen molar-refractivity contribution < 1.29 is 5.11 Å². The van der Waals surface area contributed by atoms with Gasteiger partial charge in [-0.2, -0.15) is 0 Å². The molecule has 0 bridgehead atoms. The Labute approximate surface area is 208 Å². The highest BCUT2D eigenvalue weighted by Crippen LogP contribution is 2.29. The molecule has 0 atom stereocenters. The molecule has 0 amide bonds. The lowest BCUT2D eigenvalue weighted by Crippen LogP contribution is -2.28. The SMILES string of the molecule is O=c1[nH]c(O)c(C=Nc2ccc(CN3CCCCC3)cc2)c2cc(Nc3ccccc3Cl)ccc12. The van der Waals surface area contributed by atoms with Crippen LogP contribution in [0, 0.1) is 0 Å². The number of halogens is 1. The van der Waals surface area contributed by atoms with Gasteiger partial charge >= 0.3 is 0 Å². The zero-order valence-corrected chi connectivity index (χ0v) is 20.1. The van der Waals surface area contributed by atoms with E-state index in [9.17, 15) is 9.90 Å². The molecule has 0 radical (unpaired) electrons. The van der Waals surface area contributed by atoms with E-state index >= 15 is 0 Å². The number of H-pyrrole nitrogens is 1. The van der Waals surface area contributed by atoms with E-state index in [4.69, 9.17) is 11.6 Å². The molecule has 3 N–H and O–H groups in total. The van der Waals surface area contributed by atoms with Crippen molar-refractivity contribution in [3.05, 3.63) is 93.2 Å². The third-order valence-corrected chi connectivity index (χ3v) is 6.66. The van der Waals surface area contributed by atoms with Crippen LogP contribution in [0.1, 0.15) is 30.4 Å². The zero-order chi connectivity index (χ0) is 24.2. The minimum absolute atomic E-state index is 0.220. The zero-order valence-electron chi connectivity index (χ0n) is 19.3. The topological polar surface area (TPSA) is 80.7 Å². The largest absolute Gasteiger partial charge is 0.494 e. The lowest BCUT2D eigenvalue weighted by molar-refractivity contribution is 0.221. The number of hydrogen-bond donors (Lipinski definition) is 3. The molecule has 1 aliphatic heterocycles. The fourth-order valence-electron chi connectivity index (χ4n) is 4.46. The van der Waals surface area contributed by atoms with Gasteiger partial charge in [-0.25, -0.2) is 0 Å². The summed E-state index contributed by atoms with van der Waals surface area (Å²) in [7, 11) is 0. The number of hydrogen-bond acceptors (Lipinski definition) is 5. The summed E-state index contributed by atoms with van der Waals surface area (Å²) in [5, 5.41) is 15.4. The summed E-state index contributed by atoms with van der Waals surface area (Å²) in [6, 6.07) is 20.9. The number of anilines is 2. The first-order valence-electron chi connectivity index (χ1n) is 11.8. The highest BCUT2D eigenvalue weighted by Gasteiger charge is 2.12. The van der Waals surface area contributed by atoms with Crippen molar-refractivity contribution in [2.45, 2.75) is 25.8 Å². The third kappa shape index (κ3) is 5.39. The monoisotopic (exact) mass is 486 g/mol. The van der Waals surface area contributed by atoms with Gasteiger partial charge in [-0.1, -0.05) is 42.3 Å². The van der Waals surface area contributed by atoms with E-state index in [1.54, 1.807) is 24.4 Å². The second-order valence-electron chi connectivity index (χ2n) is 8.84. The molecular formula is C28H27ClN4O2. The number of likely N-dealkylation sites (tertiary alicyclic amines) is 1. The Morgan fingerprint density at radius 1 is 1.00 bits per heavy atom. The van der Waals surface area contributed by atoms with E-state index in [0.717, 1.165) is 36.7 Å². The van der Waals surface area contributed by atoms with Gasteiger partial charge in [-0.15, -0.1) is 0 Å². The molecule has 0 aliphatic carbocycles. The fraction of sp³-hybridized carbons (Fsp3) is 0.214. The molecular weight excluding hydrogens is 460 g/mol. The van der Waals surface area contributed by atoms with Gasteiger partial charge in [-0.3, -0.25) is 19.7 Å². The van der Waals surface area contributed by atoms with E-state index in [0.29, 0.717) is 21.4 Å². The van der Waals surface area contributed by atoms with Crippen molar-refractivity contribution >= 4 is 45.7 Å². The van der Waals surface area contributed by atoms with Crippen LogP contribution in [0.15, 0.2) is 76.5 Å².